The third kappa shape index (κ3) is 2.66. The van der Waals surface area contributed by atoms with Crippen LogP contribution in [0.4, 0.5) is 0 Å². The van der Waals surface area contributed by atoms with Gasteiger partial charge in [-0.3, -0.25) is 4.79 Å². The smallest absolute Gasteiger partial charge is 0.132 e. The highest BCUT2D eigenvalue weighted by Gasteiger charge is 2.42. The Bertz CT molecular complexity index is 189. The fourth-order valence-corrected chi connectivity index (χ4v) is 3.67. The maximum absolute atomic E-state index is 11.6. The number of hydrogen-bond donors (Lipinski definition) is 0. The third-order valence-corrected chi connectivity index (χ3v) is 10.2. The quantitative estimate of drug-likeness (QED) is 0.632. The van der Waals surface area contributed by atoms with Crippen LogP contribution in [0.25, 0.3) is 0 Å². The van der Waals surface area contributed by atoms with E-state index in [2.05, 4.69) is 40.8 Å². The average molecular weight is 200 g/mol. The molecule has 0 aromatic heterocycles. The summed E-state index contributed by atoms with van der Waals surface area (Å²) in [6.45, 7) is 15.5. The molecular formula is C11H24OSi. The van der Waals surface area contributed by atoms with Gasteiger partial charge in [-0.2, -0.15) is 0 Å². The summed E-state index contributed by atoms with van der Waals surface area (Å²) < 4.78 is 0. The Hall–Kier alpha value is -0.113. The summed E-state index contributed by atoms with van der Waals surface area (Å²) in [5.41, 5.74) is 0.289. The Morgan fingerprint density at radius 2 is 1.69 bits per heavy atom. The summed E-state index contributed by atoms with van der Waals surface area (Å²) in [7, 11) is -1.44. The monoisotopic (exact) mass is 200 g/mol. The highest BCUT2D eigenvalue weighted by atomic mass is 28.3. The lowest BCUT2D eigenvalue weighted by atomic mass is 10.2. The van der Waals surface area contributed by atoms with Gasteiger partial charge in [0.25, 0.3) is 0 Å². The van der Waals surface area contributed by atoms with Crippen LogP contribution >= 0.6 is 0 Å². The van der Waals surface area contributed by atoms with E-state index >= 15 is 0 Å². The predicted octanol–water partition coefficient (Wildman–Crippen LogP) is 3.86. The molecule has 1 nitrogen and oxygen atoms in total. The summed E-state index contributed by atoms with van der Waals surface area (Å²) in [4.78, 5) is 11.6. The van der Waals surface area contributed by atoms with Crippen LogP contribution in [-0.4, -0.2) is 13.9 Å². The zero-order chi connectivity index (χ0) is 10.9. The predicted molar refractivity (Wildman–Crippen MR) is 61.9 cm³/mol. The van der Waals surface area contributed by atoms with Crippen molar-refractivity contribution in [2.45, 2.75) is 64.7 Å². The minimum Gasteiger partial charge on any atom is -0.300 e. The largest absolute Gasteiger partial charge is 0.300 e. The first-order valence-electron chi connectivity index (χ1n) is 5.17. The molecule has 1 atom stereocenters. The van der Waals surface area contributed by atoms with Gasteiger partial charge >= 0.3 is 0 Å². The highest BCUT2D eigenvalue weighted by Crippen LogP contribution is 2.43. The number of ketones is 1. The van der Waals surface area contributed by atoms with E-state index in [1.807, 2.05) is 6.92 Å². The second-order valence-electron chi connectivity index (χ2n) is 5.51. The molecule has 0 aliphatic heterocycles. The van der Waals surface area contributed by atoms with Gasteiger partial charge < -0.3 is 0 Å². The fraction of sp³-hybridized carbons (Fsp3) is 0.909. The maximum Gasteiger partial charge on any atom is 0.132 e. The number of carbonyl (C=O) groups excluding carboxylic acids is 1. The van der Waals surface area contributed by atoms with Crippen LogP contribution < -0.4 is 0 Å². The van der Waals surface area contributed by atoms with Crippen LogP contribution in [0.2, 0.25) is 23.7 Å². The summed E-state index contributed by atoms with van der Waals surface area (Å²) >= 11 is 0. The van der Waals surface area contributed by atoms with Crippen molar-refractivity contribution in [2.75, 3.05) is 0 Å². The van der Waals surface area contributed by atoms with E-state index in [-0.39, 0.29) is 5.54 Å². The van der Waals surface area contributed by atoms with E-state index in [0.29, 0.717) is 17.2 Å². The molecule has 0 aromatic rings. The molecule has 0 heterocycles. The van der Waals surface area contributed by atoms with E-state index < -0.39 is 8.07 Å². The van der Waals surface area contributed by atoms with Crippen molar-refractivity contribution in [3.8, 4) is 0 Å². The van der Waals surface area contributed by atoms with Crippen LogP contribution in [0.1, 0.15) is 41.0 Å². The van der Waals surface area contributed by atoms with Crippen LogP contribution in [0.3, 0.4) is 0 Å². The Morgan fingerprint density at radius 1 is 1.31 bits per heavy atom. The molecule has 0 fully saturated rings. The molecular weight excluding hydrogens is 176 g/mol. The molecule has 0 spiro atoms. The highest BCUT2D eigenvalue weighted by molar-refractivity contribution is 6.84. The number of rotatable bonds is 3. The first kappa shape index (κ1) is 12.9. The van der Waals surface area contributed by atoms with Crippen LogP contribution in [0.15, 0.2) is 0 Å². The number of Topliss-reactive ketones (excluding diaryl/α,β-unsaturated/α-hetero) is 1. The van der Waals surface area contributed by atoms with Crippen molar-refractivity contribution in [1.82, 2.24) is 0 Å². The zero-order valence-electron chi connectivity index (χ0n) is 10.2. The van der Waals surface area contributed by atoms with E-state index in [1.54, 1.807) is 0 Å². The van der Waals surface area contributed by atoms with Crippen molar-refractivity contribution in [1.29, 1.82) is 0 Å². The molecule has 0 bridgehead atoms. The van der Waals surface area contributed by atoms with Gasteiger partial charge in [0.1, 0.15) is 5.78 Å². The van der Waals surface area contributed by atoms with Gasteiger partial charge in [-0.15, -0.1) is 0 Å². The molecule has 0 N–H and O–H groups in total. The number of hydrogen-bond acceptors (Lipinski definition) is 1. The lowest BCUT2D eigenvalue weighted by Gasteiger charge is -2.41. The normalized spacial score (nSPS) is 15.6. The first-order valence-corrected chi connectivity index (χ1v) is 8.25. The molecule has 0 unspecified atom stereocenters. The van der Waals surface area contributed by atoms with Gasteiger partial charge in [0.2, 0.25) is 0 Å². The van der Waals surface area contributed by atoms with Crippen LogP contribution in [-0.2, 0) is 4.79 Å². The Morgan fingerprint density at radius 3 is 1.92 bits per heavy atom. The first-order chi connectivity index (χ1) is 5.64. The lowest BCUT2D eigenvalue weighted by Crippen LogP contribution is -2.43. The average Bonchev–Trinajstić information content (AvgIpc) is 1.99. The molecule has 0 saturated carbocycles. The van der Waals surface area contributed by atoms with E-state index in [1.165, 1.54) is 0 Å². The molecule has 13 heavy (non-hydrogen) atoms. The molecule has 2 heteroatoms. The van der Waals surface area contributed by atoms with Gasteiger partial charge in [-0.05, 0) is 5.04 Å². The summed E-state index contributed by atoms with van der Waals surface area (Å²) in [5.74, 6) is 0.437. The van der Waals surface area contributed by atoms with Crippen molar-refractivity contribution in [3.05, 3.63) is 0 Å². The second kappa shape index (κ2) is 3.95. The molecule has 0 aliphatic rings. The van der Waals surface area contributed by atoms with E-state index in [9.17, 15) is 4.79 Å². The zero-order valence-corrected chi connectivity index (χ0v) is 11.2. The minimum atomic E-state index is -1.44. The van der Waals surface area contributed by atoms with E-state index in [0.717, 1.165) is 0 Å². The van der Waals surface area contributed by atoms with Crippen molar-refractivity contribution in [2.24, 2.45) is 0 Å². The molecule has 0 amide bonds. The molecule has 78 valence electrons. The topological polar surface area (TPSA) is 17.1 Å². The SMILES string of the molecule is CCC(=O)[C@@H](C)[Si](C)(C)C(C)(C)C. The minimum absolute atomic E-state index is 0.289. The Balaban J connectivity index is 4.74. The maximum atomic E-state index is 11.6. The lowest BCUT2D eigenvalue weighted by molar-refractivity contribution is -0.118. The fourth-order valence-electron chi connectivity index (χ4n) is 1.36. The third-order valence-electron chi connectivity index (χ3n) is 3.85. The van der Waals surface area contributed by atoms with Gasteiger partial charge in [0.15, 0.2) is 0 Å². The molecule has 0 radical (unpaired) electrons. The van der Waals surface area contributed by atoms with Crippen LogP contribution in [0.5, 0.6) is 0 Å². The Labute approximate surface area is 83.9 Å². The van der Waals surface area contributed by atoms with Crippen molar-refractivity contribution < 1.29 is 4.79 Å². The second-order valence-corrected chi connectivity index (χ2v) is 11.3. The molecule has 0 aromatic carbocycles. The van der Waals surface area contributed by atoms with Crippen molar-refractivity contribution >= 4 is 13.9 Å². The summed E-state index contributed by atoms with van der Waals surface area (Å²) in [6, 6.07) is 0. The molecule has 0 aliphatic carbocycles. The summed E-state index contributed by atoms with van der Waals surface area (Å²) in [5, 5.41) is 0.317. The van der Waals surface area contributed by atoms with Gasteiger partial charge in [0, 0.05) is 12.0 Å². The van der Waals surface area contributed by atoms with Gasteiger partial charge in [-0.25, -0.2) is 0 Å². The van der Waals surface area contributed by atoms with Gasteiger partial charge in [-0.1, -0.05) is 47.7 Å². The standard InChI is InChI=1S/C11H24OSi/c1-8-10(12)9(2)13(6,7)11(3,4)5/h9H,8H2,1-7H3/t9-/m1/s1. The van der Waals surface area contributed by atoms with Crippen LogP contribution in [0, 0.1) is 0 Å². The number of carbonyl (C=O) groups is 1. The molecule has 0 saturated heterocycles. The van der Waals surface area contributed by atoms with Gasteiger partial charge in [0.05, 0.1) is 8.07 Å². The van der Waals surface area contributed by atoms with E-state index in [4.69, 9.17) is 0 Å². The molecule has 0 rings (SSSR count). The Kier molecular flexibility index (Phi) is 3.92. The summed E-state index contributed by atoms with van der Waals surface area (Å²) in [6.07, 6.45) is 0.688. The van der Waals surface area contributed by atoms with Crippen molar-refractivity contribution in [3.63, 3.8) is 0 Å².